The molecule has 2 unspecified atom stereocenters. The van der Waals surface area contributed by atoms with Crippen LogP contribution < -0.4 is 4.74 Å². The van der Waals surface area contributed by atoms with Crippen molar-refractivity contribution in [2.75, 3.05) is 0 Å². The smallest absolute Gasteiger partial charge is 0.306 e. The highest BCUT2D eigenvalue weighted by molar-refractivity contribution is 5.78. The van der Waals surface area contributed by atoms with E-state index in [1.807, 2.05) is 42.5 Å². The predicted octanol–water partition coefficient (Wildman–Crippen LogP) is 5.49. The van der Waals surface area contributed by atoms with Crippen molar-refractivity contribution in [2.45, 2.75) is 39.7 Å². The molecule has 3 aromatic rings. The predicted molar refractivity (Wildman–Crippen MR) is 111 cm³/mol. The number of aromatic nitrogens is 1. The fourth-order valence-corrected chi connectivity index (χ4v) is 3.44. The van der Waals surface area contributed by atoms with E-state index in [-0.39, 0.29) is 5.92 Å². The van der Waals surface area contributed by atoms with Crippen LogP contribution in [0.5, 0.6) is 5.75 Å². The summed E-state index contributed by atoms with van der Waals surface area (Å²) in [5, 5.41) is 10.3. The molecule has 4 heteroatoms. The summed E-state index contributed by atoms with van der Waals surface area (Å²) >= 11 is 0. The first-order chi connectivity index (χ1) is 13.5. The molecule has 0 saturated heterocycles. The second-order valence-corrected chi connectivity index (χ2v) is 7.38. The largest absolute Gasteiger partial charge is 0.487 e. The third kappa shape index (κ3) is 5.32. The van der Waals surface area contributed by atoms with Gasteiger partial charge in [-0.15, -0.1) is 0 Å². The minimum absolute atomic E-state index is 0.316. The van der Waals surface area contributed by atoms with E-state index in [4.69, 9.17) is 9.84 Å². The van der Waals surface area contributed by atoms with Crippen LogP contribution in [0, 0.1) is 11.8 Å². The van der Waals surface area contributed by atoms with Crippen molar-refractivity contribution in [3.63, 3.8) is 0 Å². The van der Waals surface area contributed by atoms with Gasteiger partial charge in [0.2, 0.25) is 0 Å². The maximum atomic E-state index is 11.1. The number of carbonyl (C=O) groups is 1. The second kappa shape index (κ2) is 9.36. The Morgan fingerprint density at radius 2 is 1.93 bits per heavy atom. The molecule has 1 N–H and O–H groups in total. The van der Waals surface area contributed by atoms with Crippen molar-refractivity contribution >= 4 is 16.9 Å². The van der Waals surface area contributed by atoms with Crippen molar-refractivity contribution in [3.8, 4) is 5.75 Å². The number of fused-ring (bicyclic) bond motifs is 1. The molecule has 0 spiro atoms. The van der Waals surface area contributed by atoms with Crippen molar-refractivity contribution in [2.24, 2.45) is 11.8 Å². The Hall–Kier alpha value is -2.88. The molecule has 0 aliphatic rings. The van der Waals surface area contributed by atoms with E-state index >= 15 is 0 Å². The molecule has 2 atom stereocenters. The van der Waals surface area contributed by atoms with E-state index in [9.17, 15) is 4.79 Å². The minimum atomic E-state index is -0.724. The first-order valence-electron chi connectivity index (χ1n) is 9.84. The highest BCUT2D eigenvalue weighted by atomic mass is 16.5. The van der Waals surface area contributed by atoms with Gasteiger partial charge in [0.1, 0.15) is 12.4 Å². The van der Waals surface area contributed by atoms with Gasteiger partial charge < -0.3 is 9.84 Å². The Morgan fingerprint density at radius 1 is 1.11 bits per heavy atom. The highest BCUT2D eigenvalue weighted by Crippen LogP contribution is 2.23. The average Bonchev–Trinajstić information content (AvgIpc) is 2.71. The van der Waals surface area contributed by atoms with E-state index in [2.05, 4.69) is 30.1 Å². The van der Waals surface area contributed by atoms with E-state index in [1.54, 1.807) is 6.92 Å². The standard InChI is InChI=1S/C24H27NO3/c1-3-18(13-17(2)24(26)27)14-19-7-6-9-22(15-19)28-16-21-12-11-20-8-4-5-10-23(20)25-21/h4-12,15,17-18H,3,13-14,16H2,1-2H3,(H,26,27). The summed E-state index contributed by atoms with van der Waals surface area (Å²) in [6.07, 6.45) is 2.52. The molecule has 1 heterocycles. The SMILES string of the molecule is CCC(Cc1cccc(OCc2ccc3ccccc3n2)c1)CC(C)C(=O)O. The van der Waals surface area contributed by atoms with Gasteiger partial charge in [-0.1, -0.05) is 56.7 Å². The number of carboxylic acids is 1. The first-order valence-corrected chi connectivity index (χ1v) is 9.84. The number of nitrogens with zero attached hydrogens (tertiary/aromatic N) is 1. The van der Waals surface area contributed by atoms with Gasteiger partial charge >= 0.3 is 5.97 Å². The molecule has 0 bridgehead atoms. The summed E-state index contributed by atoms with van der Waals surface area (Å²) in [6, 6.07) is 20.2. The van der Waals surface area contributed by atoms with Crippen molar-refractivity contribution in [1.29, 1.82) is 0 Å². The van der Waals surface area contributed by atoms with Gasteiger partial charge in [0.15, 0.2) is 0 Å². The molecule has 0 aliphatic heterocycles. The lowest BCUT2D eigenvalue weighted by Gasteiger charge is -2.18. The third-order valence-corrected chi connectivity index (χ3v) is 5.15. The summed E-state index contributed by atoms with van der Waals surface area (Å²) in [5.41, 5.74) is 3.04. The Bertz CT molecular complexity index is 938. The summed E-state index contributed by atoms with van der Waals surface area (Å²) in [5.74, 6) is 0.124. The molecule has 1 aromatic heterocycles. The zero-order chi connectivity index (χ0) is 19.9. The van der Waals surface area contributed by atoms with Crippen LogP contribution in [-0.2, 0) is 17.8 Å². The summed E-state index contributed by atoms with van der Waals surface area (Å²) < 4.78 is 5.96. The van der Waals surface area contributed by atoms with Crippen LogP contribution in [0.3, 0.4) is 0 Å². The van der Waals surface area contributed by atoms with Gasteiger partial charge in [0, 0.05) is 5.39 Å². The number of para-hydroxylation sites is 1. The normalized spacial score (nSPS) is 13.2. The van der Waals surface area contributed by atoms with Gasteiger partial charge in [0.25, 0.3) is 0 Å². The van der Waals surface area contributed by atoms with E-state index in [0.717, 1.165) is 35.2 Å². The zero-order valence-electron chi connectivity index (χ0n) is 16.5. The van der Waals surface area contributed by atoms with Crippen LogP contribution in [0.25, 0.3) is 10.9 Å². The Labute approximate surface area is 166 Å². The lowest BCUT2D eigenvalue weighted by Crippen LogP contribution is -2.16. The Kier molecular flexibility index (Phi) is 6.64. The molecule has 0 radical (unpaired) electrons. The van der Waals surface area contributed by atoms with Crippen LogP contribution in [0.4, 0.5) is 0 Å². The fourth-order valence-electron chi connectivity index (χ4n) is 3.44. The molecule has 0 fully saturated rings. The van der Waals surface area contributed by atoms with Gasteiger partial charge in [-0.05, 0) is 48.6 Å². The molecule has 4 nitrogen and oxygen atoms in total. The van der Waals surface area contributed by atoms with Gasteiger partial charge in [-0.25, -0.2) is 4.98 Å². The molecule has 2 aromatic carbocycles. The van der Waals surface area contributed by atoms with Crippen LogP contribution in [0.2, 0.25) is 0 Å². The molecular weight excluding hydrogens is 350 g/mol. The summed E-state index contributed by atoms with van der Waals surface area (Å²) in [4.78, 5) is 15.8. The number of carboxylic acid groups (broad SMARTS) is 1. The molecule has 146 valence electrons. The third-order valence-electron chi connectivity index (χ3n) is 5.15. The van der Waals surface area contributed by atoms with Crippen molar-refractivity contribution in [1.82, 2.24) is 4.98 Å². The van der Waals surface area contributed by atoms with E-state index in [1.165, 1.54) is 5.56 Å². The minimum Gasteiger partial charge on any atom is -0.487 e. The number of ether oxygens (including phenoxy) is 1. The van der Waals surface area contributed by atoms with Crippen molar-refractivity contribution in [3.05, 3.63) is 71.9 Å². The zero-order valence-corrected chi connectivity index (χ0v) is 16.5. The van der Waals surface area contributed by atoms with Crippen LogP contribution in [-0.4, -0.2) is 16.1 Å². The molecule has 0 aliphatic carbocycles. The topological polar surface area (TPSA) is 59.4 Å². The van der Waals surface area contributed by atoms with Crippen LogP contribution >= 0.6 is 0 Å². The average molecular weight is 377 g/mol. The second-order valence-electron chi connectivity index (χ2n) is 7.38. The molecular formula is C24H27NO3. The number of pyridine rings is 1. The Balaban J connectivity index is 1.62. The molecule has 0 amide bonds. The fraction of sp³-hybridized carbons (Fsp3) is 0.333. The number of rotatable bonds is 9. The van der Waals surface area contributed by atoms with Gasteiger partial charge in [0.05, 0.1) is 17.1 Å². The lowest BCUT2D eigenvalue weighted by molar-refractivity contribution is -0.141. The maximum Gasteiger partial charge on any atom is 0.306 e. The van der Waals surface area contributed by atoms with Gasteiger partial charge in [-0.2, -0.15) is 0 Å². The molecule has 3 rings (SSSR count). The summed E-state index contributed by atoms with van der Waals surface area (Å²) in [7, 11) is 0. The van der Waals surface area contributed by atoms with E-state index in [0.29, 0.717) is 18.9 Å². The van der Waals surface area contributed by atoms with Crippen molar-refractivity contribution < 1.29 is 14.6 Å². The molecule has 0 saturated carbocycles. The summed E-state index contributed by atoms with van der Waals surface area (Å²) in [6.45, 7) is 4.31. The maximum absolute atomic E-state index is 11.1. The molecule has 28 heavy (non-hydrogen) atoms. The quantitative estimate of drug-likeness (QED) is 0.535. The van der Waals surface area contributed by atoms with Gasteiger partial charge in [-0.3, -0.25) is 4.79 Å². The highest BCUT2D eigenvalue weighted by Gasteiger charge is 2.17. The number of aliphatic carboxylic acids is 1. The monoisotopic (exact) mass is 377 g/mol. The van der Waals surface area contributed by atoms with E-state index < -0.39 is 5.97 Å². The Morgan fingerprint density at radius 3 is 2.71 bits per heavy atom. The number of hydrogen-bond donors (Lipinski definition) is 1. The number of hydrogen-bond acceptors (Lipinski definition) is 3. The number of benzene rings is 2. The lowest BCUT2D eigenvalue weighted by atomic mass is 9.88. The van der Waals surface area contributed by atoms with Crippen LogP contribution in [0.15, 0.2) is 60.7 Å². The first kappa shape index (κ1) is 19.9. The van der Waals surface area contributed by atoms with Crippen LogP contribution in [0.1, 0.15) is 37.9 Å².